The first-order valence-corrected chi connectivity index (χ1v) is 8.98. The van der Waals surface area contributed by atoms with Gasteiger partial charge in [0.1, 0.15) is 6.61 Å². The Morgan fingerprint density at radius 3 is 2.43 bits per heavy atom. The van der Waals surface area contributed by atoms with Crippen LogP contribution in [0.4, 0.5) is 0 Å². The zero-order valence-electron chi connectivity index (χ0n) is 16.0. The fourth-order valence-electron chi connectivity index (χ4n) is 3.29. The van der Waals surface area contributed by atoms with Crippen LogP contribution in [-0.4, -0.2) is 38.2 Å². The zero-order valence-corrected chi connectivity index (χ0v) is 17.6. The lowest BCUT2D eigenvalue weighted by Gasteiger charge is -2.34. The molecule has 0 spiro atoms. The van der Waals surface area contributed by atoms with Crippen LogP contribution in [0.25, 0.3) is 0 Å². The number of methoxy groups -OCH3 is 1. The van der Waals surface area contributed by atoms with E-state index in [1.165, 1.54) is 0 Å². The van der Waals surface area contributed by atoms with Crippen LogP contribution in [0.2, 0.25) is 0 Å². The predicted octanol–water partition coefficient (Wildman–Crippen LogP) is 3.98. The molecule has 2 aromatic rings. The van der Waals surface area contributed by atoms with Crippen LogP contribution in [0.3, 0.4) is 0 Å². The summed E-state index contributed by atoms with van der Waals surface area (Å²) in [5.41, 5.74) is 2.20. The van der Waals surface area contributed by atoms with Crippen molar-refractivity contribution in [1.29, 1.82) is 5.26 Å². The van der Waals surface area contributed by atoms with Crippen molar-refractivity contribution in [3.8, 4) is 17.6 Å². The van der Waals surface area contributed by atoms with Gasteiger partial charge in [0.05, 0.1) is 19.6 Å². The highest BCUT2D eigenvalue weighted by molar-refractivity contribution is 5.85. The maximum Gasteiger partial charge on any atom is 0.161 e. The van der Waals surface area contributed by atoms with Gasteiger partial charge in [0, 0.05) is 32.2 Å². The third-order valence-electron chi connectivity index (χ3n) is 4.69. The largest absolute Gasteiger partial charge is 0.493 e. The minimum absolute atomic E-state index is 0. The number of hydrogen-bond acceptors (Lipinski definition) is 5. The van der Waals surface area contributed by atoms with Gasteiger partial charge in [0.15, 0.2) is 11.5 Å². The normalized spacial score (nSPS) is 14.7. The maximum atomic E-state index is 9.30. The van der Waals surface area contributed by atoms with E-state index in [1.54, 1.807) is 7.11 Å². The fraction of sp³-hybridized carbons (Fsp3) is 0.381. The lowest BCUT2D eigenvalue weighted by molar-refractivity contribution is 0.175. The number of ether oxygens (including phenoxy) is 2. The molecule has 1 atom stereocenters. The number of rotatable bonds is 7. The molecule has 0 aromatic heterocycles. The van der Waals surface area contributed by atoms with Gasteiger partial charge in [-0.1, -0.05) is 36.4 Å². The van der Waals surface area contributed by atoms with E-state index in [1.807, 2.05) is 48.5 Å². The molecule has 0 aliphatic carbocycles. The second-order valence-corrected chi connectivity index (χ2v) is 6.35. The fourth-order valence-corrected chi connectivity index (χ4v) is 3.29. The van der Waals surface area contributed by atoms with Crippen LogP contribution in [0.5, 0.6) is 11.5 Å². The van der Waals surface area contributed by atoms with Gasteiger partial charge >= 0.3 is 0 Å². The molecule has 3 rings (SSSR count). The Labute approximate surface area is 179 Å². The highest BCUT2D eigenvalue weighted by atomic mass is 35.5. The topological polar surface area (TPSA) is 57.5 Å². The van der Waals surface area contributed by atoms with Gasteiger partial charge < -0.3 is 14.8 Å². The Bertz CT molecular complexity index is 747. The Morgan fingerprint density at radius 2 is 1.79 bits per heavy atom. The van der Waals surface area contributed by atoms with Crippen LogP contribution in [0.15, 0.2) is 48.5 Å². The highest BCUT2D eigenvalue weighted by Crippen LogP contribution is 2.34. The number of nitriles is 1. The van der Waals surface area contributed by atoms with Gasteiger partial charge in [0.25, 0.3) is 0 Å². The molecular weight excluding hydrogens is 397 g/mol. The maximum absolute atomic E-state index is 9.30. The average Bonchev–Trinajstić information content (AvgIpc) is 2.71. The summed E-state index contributed by atoms with van der Waals surface area (Å²) in [6, 6.07) is 18.5. The van der Waals surface area contributed by atoms with E-state index in [2.05, 4.69) is 16.3 Å². The van der Waals surface area contributed by atoms with Crippen molar-refractivity contribution < 1.29 is 9.47 Å². The lowest BCUT2D eigenvalue weighted by Crippen LogP contribution is -2.45. The van der Waals surface area contributed by atoms with E-state index in [9.17, 15) is 5.26 Å². The van der Waals surface area contributed by atoms with Crippen LogP contribution in [0.1, 0.15) is 23.6 Å². The second-order valence-electron chi connectivity index (χ2n) is 6.35. The molecule has 0 bridgehead atoms. The van der Waals surface area contributed by atoms with Crippen molar-refractivity contribution in [2.24, 2.45) is 0 Å². The molecule has 0 saturated carbocycles. The summed E-state index contributed by atoms with van der Waals surface area (Å²) in [6.45, 7) is 4.28. The summed E-state index contributed by atoms with van der Waals surface area (Å²) >= 11 is 0. The Kier molecular flexibility index (Phi) is 10.7. The van der Waals surface area contributed by atoms with Crippen molar-refractivity contribution in [1.82, 2.24) is 10.2 Å². The standard InChI is InChI=1S/C21H25N3O2.2ClH/c1-25-20-8-7-18(19(9-10-22)24-13-11-23-12-14-24)15-21(20)26-16-17-5-3-2-4-6-17;;/h2-8,15,19,23H,9,11-14,16H2,1H3;2*1H/t19-;;/m0../s1. The molecular formula is C21H27Cl2N3O2. The number of piperazine rings is 1. The van der Waals surface area contributed by atoms with E-state index in [4.69, 9.17) is 9.47 Å². The number of hydrogen-bond donors (Lipinski definition) is 1. The Hall–Kier alpha value is -1.97. The quantitative estimate of drug-likeness (QED) is 0.729. The minimum atomic E-state index is 0. The van der Waals surface area contributed by atoms with Crippen LogP contribution in [-0.2, 0) is 6.61 Å². The summed E-state index contributed by atoms with van der Waals surface area (Å²) in [5.74, 6) is 1.42. The van der Waals surface area contributed by atoms with Gasteiger partial charge in [-0.2, -0.15) is 5.26 Å². The van der Waals surface area contributed by atoms with Crippen molar-refractivity contribution in [3.63, 3.8) is 0 Å². The van der Waals surface area contributed by atoms with Crippen molar-refractivity contribution in [3.05, 3.63) is 59.7 Å². The lowest BCUT2D eigenvalue weighted by atomic mass is 10.0. The van der Waals surface area contributed by atoms with Gasteiger partial charge in [0.2, 0.25) is 0 Å². The molecule has 1 N–H and O–H groups in total. The zero-order chi connectivity index (χ0) is 18.2. The van der Waals surface area contributed by atoms with Crippen molar-refractivity contribution >= 4 is 24.8 Å². The number of benzene rings is 2. The molecule has 1 saturated heterocycles. The third-order valence-corrected chi connectivity index (χ3v) is 4.69. The smallest absolute Gasteiger partial charge is 0.161 e. The molecule has 28 heavy (non-hydrogen) atoms. The van der Waals surface area contributed by atoms with Crippen molar-refractivity contribution in [2.45, 2.75) is 19.1 Å². The molecule has 1 fully saturated rings. The summed E-state index contributed by atoms with van der Waals surface area (Å²) in [5, 5.41) is 12.7. The van der Waals surface area contributed by atoms with Crippen molar-refractivity contribution in [2.75, 3.05) is 33.3 Å². The van der Waals surface area contributed by atoms with E-state index >= 15 is 0 Å². The molecule has 7 heteroatoms. The summed E-state index contributed by atoms with van der Waals surface area (Å²) < 4.78 is 11.5. The van der Waals surface area contributed by atoms with E-state index in [-0.39, 0.29) is 30.9 Å². The minimum Gasteiger partial charge on any atom is -0.493 e. The van der Waals surface area contributed by atoms with Crippen LogP contribution in [0, 0.1) is 11.3 Å². The molecule has 2 aromatic carbocycles. The monoisotopic (exact) mass is 423 g/mol. The Balaban J connectivity index is 0.00000196. The number of nitrogens with zero attached hydrogens (tertiary/aromatic N) is 2. The molecule has 1 aliphatic rings. The summed E-state index contributed by atoms with van der Waals surface area (Å²) in [4.78, 5) is 2.36. The molecule has 1 heterocycles. The summed E-state index contributed by atoms with van der Waals surface area (Å²) in [6.07, 6.45) is 0.463. The highest BCUT2D eigenvalue weighted by Gasteiger charge is 2.23. The van der Waals surface area contributed by atoms with E-state index in [0.29, 0.717) is 24.5 Å². The molecule has 0 radical (unpaired) electrons. The summed E-state index contributed by atoms with van der Waals surface area (Å²) in [7, 11) is 1.65. The van der Waals surface area contributed by atoms with Gasteiger partial charge in [-0.05, 0) is 23.3 Å². The molecule has 152 valence electrons. The SMILES string of the molecule is COc1ccc([C@H](CC#N)N2CCNCC2)cc1OCc1ccccc1.Cl.Cl. The van der Waals surface area contributed by atoms with Gasteiger partial charge in [-0.3, -0.25) is 4.90 Å². The first-order chi connectivity index (χ1) is 12.8. The third kappa shape index (κ3) is 6.29. The molecule has 0 amide bonds. The van der Waals surface area contributed by atoms with Gasteiger partial charge in [-0.15, -0.1) is 24.8 Å². The average molecular weight is 424 g/mol. The number of halogens is 2. The predicted molar refractivity (Wildman–Crippen MR) is 116 cm³/mol. The van der Waals surface area contributed by atoms with Gasteiger partial charge in [-0.25, -0.2) is 0 Å². The Morgan fingerprint density at radius 1 is 1.07 bits per heavy atom. The molecule has 0 unspecified atom stereocenters. The van der Waals surface area contributed by atoms with E-state index in [0.717, 1.165) is 37.3 Å². The van der Waals surface area contributed by atoms with Crippen LogP contribution >= 0.6 is 24.8 Å². The molecule has 1 aliphatic heterocycles. The van der Waals surface area contributed by atoms with E-state index < -0.39 is 0 Å². The molecule has 5 nitrogen and oxygen atoms in total. The van der Waals surface area contributed by atoms with Crippen LogP contribution < -0.4 is 14.8 Å². The second kappa shape index (κ2) is 12.5. The first kappa shape index (κ1) is 24.1. The number of nitrogens with one attached hydrogen (secondary N) is 1. The first-order valence-electron chi connectivity index (χ1n) is 8.98.